The summed E-state index contributed by atoms with van der Waals surface area (Å²) in [7, 11) is -6.79. The fourth-order valence-corrected chi connectivity index (χ4v) is 4.26. The van der Waals surface area contributed by atoms with Crippen molar-refractivity contribution in [3.63, 3.8) is 0 Å². The van der Waals surface area contributed by atoms with E-state index in [2.05, 4.69) is 25.5 Å². The van der Waals surface area contributed by atoms with Crippen LogP contribution >= 0.6 is 0 Å². The molecule has 0 radical (unpaired) electrons. The van der Waals surface area contributed by atoms with Crippen molar-refractivity contribution in [3.8, 4) is 11.5 Å². The van der Waals surface area contributed by atoms with E-state index in [1.165, 1.54) is 29.8 Å². The Labute approximate surface area is 185 Å². The first kappa shape index (κ1) is 25.2. The SMILES string of the molecule is CCS(=O)(=O)CCOc1ccc(S(=O)(=O)NCCOc2ccc(C(C)(C)C)cc2)cc1. The minimum absolute atomic E-state index is 0.0224. The van der Waals surface area contributed by atoms with E-state index in [1.54, 1.807) is 6.92 Å². The van der Waals surface area contributed by atoms with Gasteiger partial charge in [-0.2, -0.15) is 0 Å². The van der Waals surface area contributed by atoms with Crippen molar-refractivity contribution in [2.24, 2.45) is 0 Å². The van der Waals surface area contributed by atoms with E-state index in [1.807, 2.05) is 24.3 Å². The molecule has 7 nitrogen and oxygen atoms in total. The molecular weight excluding hydrogens is 438 g/mol. The van der Waals surface area contributed by atoms with Crippen LogP contribution in [0.3, 0.4) is 0 Å². The number of nitrogens with one attached hydrogen (secondary N) is 1. The number of sulfone groups is 1. The van der Waals surface area contributed by atoms with Crippen molar-refractivity contribution in [2.75, 3.05) is 31.3 Å². The minimum Gasteiger partial charge on any atom is -0.493 e. The van der Waals surface area contributed by atoms with Gasteiger partial charge in [0.25, 0.3) is 0 Å². The molecule has 0 aromatic heterocycles. The van der Waals surface area contributed by atoms with Crippen LogP contribution in [-0.4, -0.2) is 48.1 Å². The largest absolute Gasteiger partial charge is 0.493 e. The van der Waals surface area contributed by atoms with Crippen LogP contribution in [0.1, 0.15) is 33.3 Å². The maximum atomic E-state index is 12.4. The van der Waals surface area contributed by atoms with Crippen molar-refractivity contribution in [2.45, 2.75) is 38.0 Å². The Kier molecular flexibility index (Phi) is 8.50. The molecule has 0 saturated heterocycles. The number of sulfonamides is 1. The van der Waals surface area contributed by atoms with Gasteiger partial charge in [-0.05, 0) is 47.4 Å². The van der Waals surface area contributed by atoms with Gasteiger partial charge < -0.3 is 9.47 Å². The molecule has 0 atom stereocenters. The molecule has 2 aromatic rings. The van der Waals surface area contributed by atoms with Gasteiger partial charge >= 0.3 is 0 Å². The number of ether oxygens (including phenoxy) is 2. The smallest absolute Gasteiger partial charge is 0.240 e. The Balaban J connectivity index is 1.81. The lowest BCUT2D eigenvalue weighted by Crippen LogP contribution is -2.28. The summed E-state index contributed by atoms with van der Waals surface area (Å²) in [5, 5.41) is 0. The summed E-state index contributed by atoms with van der Waals surface area (Å²) in [6.07, 6.45) is 0. The zero-order valence-corrected chi connectivity index (χ0v) is 20.1. The highest BCUT2D eigenvalue weighted by atomic mass is 32.2. The topological polar surface area (TPSA) is 98.8 Å². The van der Waals surface area contributed by atoms with E-state index in [4.69, 9.17) is 9.47 Å². The van der Waals surface area contributed by atoms with Gasteiger partial charge in [-0.1, -0.05) is 39.8 Å². The maximum absolute atomic E-state index is 12.4. The summed E-state index contributed by atoms with van der Waals surface area (Å²) < 4.78 is 61.2. The Morgan fingerprint density at radius 2 is 1.32 bits per heavy atom. The molecule has 0 spiro atoms. The molecule has 0 saturated carbocycles. The molecule has 0 aliphatic heterocycles. The van der Waals surface area contributed by atoms with Gasteiger partial charge in [-0.3, -0.25) is 0 Å². The van der Waals surface area contributed by atoms with E-state index in [0.717, 1.165) is 0 Å². The van der Waals surface area contributed by atoms with Crippen molar-refractivity contribution in [1.82, 2.24) is 4.72 Å². The molecule has 0 heterocycles. The van der Waals surface area contributed by atoms with Gasteiger partial charge in [-0.15, -0.1) is 0 Å². The molecule has 0 bridgehead atoms. The van der Waals surface area contributed by atoms with Gasteiger partial charge in [0.15, 0.2) is 9.84 Å². The quantitative estimate of drug-likeness (QED) is 0.508. The average Bonchev–Trinajstić information content (AvgIpc) is 2.71. The van der Waals surface area contributed by atoms with Gasteiger partial charge in [0.05, 0.1) is 10.6 Å². The maximum Gasteiger partial charge on any atom is 0.240 e. The summed E-state index contributed by atoms with van der Waals surface area (Å²) >= 11 is 0. The zero-order chi connectivity index (χ0) is 23.1. The van der Waals surface area contributed by atoms with Gasteiger partial charge in [0, 0.05) is 12.3 Å². The summed E-state index contributed by atoms with van der Waals surface area (Å²) in [5.74, 6) is 1.07. The van der Waals surface area contributed by atoms with Crippen LogP contribution < -0.4 is 14.2 Å². The van der Waals surface area contributed by atoms with Crippen LogP contribution in [0.15, 0.2) is 53.4 Å². The first-order valence-electron chi connectivity index (χ1n) is 10.1. The monoisotopic (exact) mass is 469 g/mol. The lowest BCUT2D eigenvalue weighted by Gasteiger charge is -2.19. The molecular formula is C22H31NO6S2. The van der Waals surface area contributed by atoms with Crippen LogP contribution in [0, 0.1) is 0 Å². The van der Waals surface area contributed by atoms with E-state index < -0.39 is 19.9 Å². The van der Waals surface area contributed by atoms with Crippen molar-refractivity contribution < 1.29 is 26.3 Å². The number of hydrogen-bond acceptors (Lipinski definition) is 6. The average molecular weight is 470 g/mol. The molecule has 0 fully saturated rings. The molecule has 0 unspecified atom stereocenters. The highest BCUT2D eigenvalue weighted by molar-refractivity contribution is 7.91. The standard InChI is InChI=1S/C22H31NO6S2/c1-5-30(24,25)17-16-29-20-10-12-21(13-11-20)31(26,27)23-14-15-28-19-8-6-18(7-9-19)22(2,3)4/h6-13,23H,5,14-17H2,1-4H3. The van der Waals surface area contributed by atoms with Gasteiger partial charge in [-0.25, -0.2) is 21.6 Å². The van der Waals surface area contributed by atoms with E-state index in [0.29, 0.717) is 11.5 Å². The zero-order valence-electron chi connectivity index (χ0n) is 18.4. The van der Waals surface area contributed by atoms with Crippen molar-refractivity contribution >= 4 is 19.9 Å². The second kappa shape index (κ2) is 10.5. The third-order valence-electron chi connectivity index (χ3n) is 4.62. The highest BCUT2D eigenvalue weighted by Gasteiger charge is 2.15. The Hall–Kier alpha value is -2.10. The number of rotatable bonds is 11. The van der Waals surface area contributed by atoms with E-state index >= 15 is 0 Å². The Bertz CT molecular complexity index is 1040. The van der Waals surface area contributed by atoms with Gasteiger partial charge in [0.1, 0.15) is 24.7 Å². The fraction of sp³-hybridized carbons (Fsp3) is 0.455. The second-order valence-electron chi connectivity index (χ2n) is 8.08. The molecule has 172 valence electrons. The van der Waals surface area contributed by atoms with E-state index in [-0.39, 0.29) is 41.6 Å². The molecule has 1 N–H and O–H groups in total. The van der Waals surface area contributed by atoms with Crippen molar-refractivity contribution in [1.29, 1.82) is 0 Å². The number of hydrogen-bond donors (Lipinski definition) is 1. The molecule has 9 heteroatoms. The third kappa shape index (κ3) is 8.16. The number of benzene rings is 2. The summed E-state index contributed by atoms with van der Waals surface area (Å²) in [5.41, 5.74) is 1.25. The first-order valence-corrected chi connectivity index (χ1v) is 13.4. The molecule has 2 aromatic carbocycles. The highest BCUT2D eigenvalue weighted by Crippen LogP contribution is 2.24. The molecule has 0 aliphatic carbocycles. The van der Waals surface area contributed by atoms with E-state index in [9.17, 15) is 16.8 Å². The Morgan fingerprint density at radius 3 is 1.84 bits per heavy atom. The van der Waals surface area contributed by atoms with Crippen LogP contribution in [0.4, 0.5) is 0 Å². The predicted molar refractivity (Wildman–Crippen MR) is 122 cm³/mol. The van der Waals surface area contributed by atoms with Crippen LogP contribution in [0.25, 0.3) is 0 Å². The van der Waals surface area contributed by atoms with Crippen LogP contribution in [-0.2, 0) is 25.3 Å². The Morgan fingerprint density at radius 1 is 0.806 bits per heavy atom. The predicted octanol–water partition coefficient (Wildman–Crippen LogP) is 3.15. The first-order chi connectivity index (χ1) is 14.4. The lowest BCUT2D eigenvalue weighted by atomic mass is 9.87. The molecule has 2 rings (SSSR count). The lowest BCUT2D eigenvalue weighted by molar-refractivity contribution is 0.322. The van der Waals surface area contributed by atoms with Crippen molar-refractivity contribution in [3.05, 3.63) is 54.1 Å². The fourth-order valence-electron chi connectivity index (χ4n) is 2.63. The van der Waals surface area contributed by atoms with Gasteiger partial charge in [0.2, 0.25) is 10.0 Å². The van der Waals surface area contributed by atoms with Crippen LogP contribution in [0.2, 0.25) is 0 Å². The normalized spacial score (nSPS) is 12.5. The second-order valence-corrected chi connectivity index (χ2v) is 12.3. The summed E-state index contributed by atoms with van der Waals surface area (Å²) in [6.45, 7) is 8.32. The molecule has 0 amide bonds. The minimum atomic E-state index is -3.69. The molecule has 0 aliphatic rings. The summed E-state index contributed by atoms with van der Waals surface area (Å²) in [6, 6.07) is 13.6. The molecule has 31 heavy (non-hydrogen) atoms. The third-order valence-corrected chi connectivity index (χ3v) is 7.77. The van der Waals surface area contributed by atoms with Crippen LogP contribution in [0.5, 0.6) is 11.5 Å². The summed E-state index contributed by atoms with van der Waals surface area (Å²) in [4.78, 5) is 0.0931.